The first kappa shape index (κ1) is 37.6. The van der Waals surface area contributed by atoms with Gasteiger partial charge in [-0.05, 0) is 81.8 Å². The molecule has 2 aliphatic carbocycles. The smallest absolute Gasteiger partial charge is 0.409 e. The molecule has 0 unspecified atom stereocenters. The number of benzene rings is 4. The standard InChI is InChI=1S/C21H20ClNO3.C21H21NO4.CH4/c22-20(24)14-9-11-23(12-10-14)21(25)26-13-19-17-7-3-1-5-15(17)16-6-2-4-8-18(16)19;23-20(24)14-9-11-22(12-10-14)21(25)26-13-19-17-7-3-1-5-15(17)16-6-2-4-8-18(16)19;/h1-8,14,19H,9-13H2;1-8,14,19H,9-13H2,(H,23,24);1H4. The summed E-state index contributed by atoms with van der Waals surface area (Å²) >= 11 is 5.55. The molecule has 0 bridgehead atoms. The van der Waals surface area contributed by atoms with Gasteiger partial charge in [0, 0.05) is 43.9 Å². The maximum absolute atomic E-state index is 12.4. The lowest BCUT2D eigenvalue weighted by Gasteiger charge is -2.30. The first-order valence-corrected chi connectivity index (χ1v) is 18.3. The monoisotopic (exact) mass is 736 g/mol. The Bertz CT molecular complexity index is 1730. The molecule has 0 spiro atoms. The molecule has 0 aromatic heterocycles. The second kappa shape index (κ2) is 16.7. The summed E-state index contributed by atoms with van der Waals surface area (Å²) in [5.41, 5.74) is 9.60. The van der Waals surface area contributed by atoms with Gasteiger partial charge in [0.15, 0.2) is 0 Å². The van der Waals surface area contributed by atoms with Gasteiger partial charge in [0.25, 0.3) is 0 Å². The molecule has 0 atom stereocenters. The van der Waals surface area contributed by atoms with Crippen LogP contribution in [0.15, 0.2) is 97.1 Å². The lowest BCUT2D eigenvalue weighted by atomic mass is 9.97. The van der Waals surface area contributed by atoms with E-state index in [1.807, 2.05) is 48.5 Å². The van der Waals surface area contributed by atoms with Crippen LogP contribution in [0.4, 0.5) is 9.59 Å². The van der Waals surface area contributed by atoms with E-state index in [4.69, 9.17) is 26.2 Å². The molecule has 4 aliphatic rings. The average molecular weight is 737 g/mol. The van der Waals surface area contributed by atoms with Crippen molar-refractivity contribution in [1.82, 2.24) is 9.80 Å². The fourth-order valence-electron chi connectivity index (χ4n) is 7.97. The topological polar surface area (TPSA) is 113 Å². The highest BCUT2D eigenvalue weighted by molar-refractivity contribution is 6.64. The van der Waals surface area contributed by atoms with Crippen molar-refractivity contribution in [2.75, 3.05) is 39.4 Å². The van der Waals surface area contributed by atoms with E-state index in [-0.39, 0.29) is 48.5 Å². The highest BCUT2D eigenvalue weighted by Crippen LogP contribution is 2.45. The van der Waals surface area contributed by atoms with E-state index in [0.717, 1.165) is 0 Å². The van der Waals surface area contributed by atoms with E-state index in [1.165, 1.54) is 44.5 Å². The van der Waals surface area contributed by atoms with Crippen molar-refractivity contribution in [3.05, 3.63) is 119 Å². The van der Waals surface area contributed by atoms with Crippen LogP contribution in [0.1, 0.15) is 67.2 Å². The quantitative estimate of drug-likeness (QED) is 0.197. The summed E-state index contributed by atoms with van der Waals surface area (Å²) in [5.74, 6) is -1.17. The van der Waals surface area contributed by atoms with Crippen molar-refractivity contribution in [3.8, 4) is 22.3 Å². The van der Waals surface area contributed by atoms with Crippen LogP contribution >= 0.6 is 11.6 Å². The van der Waals surface area contributed by atoms with Crippen LogP contribution in [0.5, 0.6) is 0 Å². The summed E-state index contributed by atoms with van der Waals surface area (Å²) in [7, 11) is 0. The van der Waals surface area contributed by atoms with E-state index in [1.54, 1.807) is 9.80 Å². The zero-order valence-electron chi connectivity index (χ0n) is 28.8. The van der Waals surface area contributed by atoms with Gasteiger partial charge >= 0.3 is 18.2 Å². The number of carbonyl (C=O) groups is 4. The molecule has 0 saturated carbocycles. The minimum Gasteiger partial charge on any atom is -0.481 e. The summed E-state index contributed by atoms with van der Waals surface area (Å²) in [6, 6.07) is 33.0. The van der Waals surface area contributed by atoms with Crippen LogP contribution in [-0.4, -0.2) is 77.7 Å². The Morgan fingerprint density at radius 3 is 1.15 bits per heavy atom. The molecule has 2 heterocycles. The van der Waals surface area contributed by atoms with Crippen molar-refractivity contribution in [1.29, 1.82) is 0 Å². The Labute approximate surface area is 315 Å². The number of amides is 2. The number of hydrogen-bond donors (Lipinski definition) is 1. The van der Waals surface area contributed by atoms with Gasteiger partial charge in [0.2, 0.25) is 5.24 Å². The summed E-state index contributed by atoms with van der Waals surface area (Å²) in [6.07, 6.45) is 1.51. The second-order valence-electron chi connectivity index (χ2n) is 13.8. The summed E-state index contributed by atoms with van der Waals surface area (Å²) in [6.45, 7) is 2.52. The number of likely N-dealkylation sites (tertiary alicyclic amines) is 2. The minimum atomic E-state index is -0.780. The number of rotatable bonds is 6. The van der Waals surface area contributed by atoms with E-state index >= 15 is 0 Å². The Hall–Kier alpha value is -5.15. The fraction of sp³-hybridized carbons (Fsp3) is 0.349. The molecule has 2 aliphatic heterocycles. The average Bonchev–Trinajstić information content (AvgIpc) is 3.68. The van der Waals surface area contributed by atoms with Crippen molar-refractivity contribution in [2.45, 2.75) is 44.9 Å². The Kier molecular flexibility index (Phi) is 11.8. The van der Waals surface area contributed by atoms with Gasteiger partial charge in [0.1, 0.15) is 13.2 Å². The SMILES string of the molecule is C.O=C(Cl)C1CCN(C(=O)OCC2c3ccccc3-c3ccccc32)CC1.O=C(O)C1CCN(C(=O)OCC2c3ccccc3-c3ccccc32)CC1. The van der Waals surface area contributed by atoms with Crippen LogP contribution in [0, 0.1) is 11.8 Å². The molecule has 2 saturated heterocycles. The maximum Gasteiger partial charge on any atom is 0.409 e. The number of carboxylic acids is 1. The van der Waals surface area contributed by atoms with Gasteiger partial charge in [-0.25, -0.2) is 9.59 Å². The molecule has 2 amide bonds. The van der Waals surface area contributed by atoms with Gasteiger partial charge in [0.05, 0.1) is 5.92 Å². The molecule has 8 rings (SSSR count). The van der Waals surface area contributed by atoms with Crippen LogP contribution in [-0.2, 0) is 19.1 Å². The summed E-state index contributed by atoms with van der Waals surface area (Å²) in [5, 5.41) is 8.75. The van der Waals surface area contributed by atoms with Gasteiger partial charge in [-0.1, -0.05) is 104 Å². The largest absolute Gasteiger partial charge is 0.481 e. The highest BCUT2D eigenvalue weighted by Gasteiger charge is 2.33. The molecule has 276 valence electrons. The molecule has 0 radical (unpaired) electrons. The third-order valence-electron chi connectivity index (χ3n) is 10.8. The molecule has 53 heavy (non-hydrogen) atoms. The first-order chi connectivity index (χ1) is 25.3. The molecule has 1 N–H and O–H groups in total. The predicted molar refractivity (Wildman–Crippen MR) is 204 cm³/mol. The molecular weight excluding hydrogens is 692 g/mol. The number of fused-ring (bicyclic) bond motifs is 6. The van der Waals surface area contributed by atoms with Crippen LogP contribution in [0.25, 0.3) is 22.3 Å². The van der Waals surface area contributed by atoms with E-state index < -0.39 is 5.97 Å². The number of halogens is 1. The van der Waals surface area contributed by atoms with E-state index in [9.17, 15) is 19.2 Å². The molecule has 10 heteroatoms. The number of carboxylic acid groups (broad SMARTS) is 1. The van der Waals surface area contributed by atoms with Gasteiger partial charge < -0.3 is 24.4 Å². The number of hydrogen-bond acceptors (Lipinski definition) is 6. The number of ether oxygens (including phenoxy) is 2. The third kappa shape index (κ3) is 7.95. The lowest BCUT2D eigenvalue weighted by Crippen LogP contribution is -2.40. The van der Waals surface area contributed by atoms with Crippen molar-refractivity contribution in [3.63, 3.8) is 0 Å². The Morgan fingerprint density at radius 2 is 0.849 bits per heavy atom. The zero-order valence-corrected chi connectivity index (χ0v) is 29.5. The molecule has 2 fully saturated rings. The van der Waals surface area contributed by atoms with Crippen LogP contribution in [0.2, 0.25) is 0 Å². The Balaban J connectivity index is 0.000000178. The zero-order chi connectivity index (χ0) is 36.2. The maximum atomic E-state index is 12.4. The Morgan fingerprint density at radius 1 is 0.547 bits per heavy atom. The van der Waals surface area contributed by atoms with Gasteiger partial charge in [-0.15, -0.1) is 0 Å². The van der Waals surface area contributed by atoms with Crippen molar-refractivity contribution < 1.29 is 33.8 Å². The molecule has 4 aromatic rings. The summed E-state index contributed by atoms with van der Waals surface area (Å²) in [4.78, 5) is 50.4. The van der Waals surface area contributed by atoms with Crippen LogP contribution in [0.3, 0.4) is 0 Å². The third-order valence-corrected chi connectivity index (χ3v) is 11.2. The predicted octanol–water partition coefficient (Wildman–Crippen LogP) is 8.78. The van der Waals surface area contributed by atoms with Gasteiger partial charge in [-0.2, -0.15) is 0 Å². The first-order valence-electron chi connectivity index (χ1n) is 17.9. The van der Waals surface area contributed by atoms with Crippen molar-refractivity contribution in [2.24, 2.45) is 11.8 Å². The normalized spacial score (nSPS) is 16.5. The molecule has 4 aromatic carbocycles. The van der Waals surface area contributed by atoms with Gasteiger partial charge in [-0.3, -0.25) is 9.59 Å². The number of aliphatic carboxylic acids is 1. The highest BCUT2D eigenvalue weighted by atomic mass is 35.5. The number of piperidine rings is 2. The minimum absolute atomic E-state index is 0. The van der Waals surface area contributed by atoms with E-state index in [0.29, 0.717) is 65.1 Å². The fourth-order valence-corrected chi connectivity index (χ4v) is 8.19. The molecular formula is C43H45ClN2O7. The number of carbonyl (C=O) groups excluding carboxylic acids is 3. The number of nitrogens with zero attached hydrogens (tertiary/aromatic N) is 2. The molecule has 9 nitrogen and oxygen atoms in total. The lowest BCUT2D eigenvalue weighted by molar-refractivity contribution is -0.143. The van der Waals surface area contributed by atoms with Crippen molar-refractivity contribution >= 4 is 35.0 Å². The van der Waals surface area contributed by atoms with E-state index in [2.05, 4.69) is 48.5 Å². The second-order valence-corrected chi connectivity index (χ2v) is 14.1. The van der Waals surface area contributed by atoms with Crippen LogP contribution < -0.4 is 0 Å². The summed E-state index contributed by atoms with van der Waals surface area (Å²) < 4.78 is 11.3.